The van der Waals surface area contributed by atoms with Gasteiger partial charge >= 0.3 is 0 Å². The molecule has 3 rings (SSSR count). The molecule has 0 saturated heterocycles. The molecule has 0 bridgehead atoms. The number of nitrogens with zero attached hydrogens (tertiary/aromatic N) is 1. The van der Waals surface area contributed by atoms with E-state index < -0.39 is 0 Å². The van der Waals surface area contributed by atoms with Crippen molar-refractivity contribution in [2.75, 3.05) is 4.90 Å². The van der Waals surface area contributed by atoms with Crippen LogP contribution in [0.1, 0.15) is 16.7 Å². The predicted octanol–water partition coefficient (Wildman–Crippen LogP) is 3.95. The van der Waals surface area contributed by atoms with Crippen LogP contribution in [0.25, 0.3) is 0 Å². The van der Waals surface area contributed by atoms with Crippen molar-refractivity contribution in [2.45, 2.75) is 19.0 Å². The van der Waals surface area contributed by atoms with E-state index in [1.165, 1.54) is 22.4 Å². The third-order valence-corrected chi connectivity index (χ3v) is 3.61. The van der Waals surface area contributed by atoms with Gasteiger partial charge in [0, 0.05) is 24.7 Å². The van der Waals surface area contributed by atoms with Crippen LogP contribution in [-0.2, 0) is 19.0 Å². The molecule has 0 aromatic heterocycles. The Labute approximate surface area is 107 Å². The summed E-state index contributed by atoms with van der Waals surface area (Å²) < 4.78 is 0. The van der Waals surface area contributed by atoms with Crippen molar-refractivity contribution in [3.63, 3.8) is 0 Å². The van der Waals surface area contributed by atoms with Crippen molar-refractivity contribution >= 4 is 17.3 Å². The molecule has 2 aromatic carbocycles. The summed E-state index contributed by atoms with van der Waals surface area (Å²) in [6.45, 7) is 1.98. The summed E-state index contributed by atoms with van der Waals surface area (Å²) in [6.07, 6.45) is 0. The summed E-state index contributed by atoms with van der Waals surface area (Å²) in [7, 11) is 0. The highest BCUT2D eigenvalue weighted by Gasteiger charge is 2.19. The summed E-state index contributed by atoms with van der Waals surface area (Å²) in [5.41, 5.74) is 5.33. The molecular weight excluding hydrogens is 230 g/mol. The van der Waals surface area contributed by atoms with Crippen LogP contribution < -0.4 is 4.90 Å². The van der Waals surface area contributed by atoms with Crippen molar-refractivity contribution < 1.29 is 0 Å². The van der Waals surface area contributed by atoms with Crippen molar-refractivity contribution in [3.8, 4) is 0 Å². The average Bonchev–Trinajstić information content (AvgIpc) is 2.82. The minimum absolute atomic E-state index is 0.572. The molecule has 0 spiro atoms. The smallest absolute Gasteiger partial charge is 0.0494 e. The molecule has 0 radical (unpaired) electrons. The lowest BCUT2D eigenvalue weighted by molar-refractivity contribution is 0.874. The van der Waals surface area contributed by atoms with Crippen molar-refractivity contribution in [2.24, 2.45) is 0 Å². The van der Waals surface area contributed by atoms with Gasteiger partial charge in [0.1, 0.15) is 0 Å². The molecule has 0 aliphatic carbocycles. The molecular formula is C15H14ClN. The van der Waals surface area contributed by atoms with E-state index in [0.717, 1.165) is 13.1 Å². The van der Waals surface area contributed by atoms with E-state index in [0.29, 0.717) is 5.88 Å². The Kier molecular flexibility index (Phi) is 2.77. The molecule has 17 heavy (non-hydrogen) atoms. The number of para-hydroxylation sites is 1. The third-order valence-electron chi connectivity index (χ3n) is 3.32. The van der Waals surface area contributed by atoms with Gasteiger partial charge in [0.05, 0.1) is 0 Å². The van der Waals surface area contributed by atoms with E-state index in [1.54, 1.807) is 0 Å². The van der Waals surface area contributed by atoms with Crippen LogP contribution in [0.15, 0.2) is 48.5 Å². The Morgan fingerprint density at radius 1 is 0.882 bits per heavy atom. The number of benzene rings is 2. The van der Waals surface area contributed by atoms with Gasteiger partial charge in [-0.05, 0) is 22.8 Å². The van der Waals surface area contributed by atoms with Crippen LogP contribution in [0.4, 0.5) is 5.69 Å². The molecule has 1 heterocycles. The summed E-state index contributed by atoms with van der Waals surface area (Å²) in [5.74, 6) is 0.572. The fraction of sp³-hybridized carbons (Fsp3) is 0.200. The maximum atomic E-state index is 6.00. The highest BCUT2D eigenvalue weighted by atomic mass is 35.5. The molecule has 2 aromatic rings. The maximum Gasteiger partial charge on any atom is 0.0494 e. The van der Waals surface area contributed by atoms with Gasteiger partial charge in [-0.3, -0.25) is 0 Å². The highest BCUT2D eigenvalue weighted by molar-refractivity contribution is 6.17. The molecule has 1 aliphatic rings. The van der Waals surface area contributed by atoms with Crippen molar-refractivity contribution in [1.29, 1.82) is 0 Å². The van der Waals surface area contributed by atoms with Crippen LogP contribution >= 0.6 is 11.6 Å². The molecule has 2 heteroatoms. The van der Waals surface area contributed by atoms with Crippen molar-refractivity contribution in [3.05, 3.63) is 65.2 Å². The number of anilines is 1. The Hall–Kier alpha value is -1.47. The Balaban J connectivity index is 1.94. The lowest BCUT2D eigenvalue weighted by Gasteiger charge is -2.20. The SMILES string of the molecule is ClCc1ccccc1N1Cc2ccccc2C1. The lowest BCUT2D eigenvalue weighted by Crippen LogP contribution is -2.15. The van der Waals surface area contributed by atoms with E-state index in [1.807, 2.05) is 6.07 Å². The van der Waals surface area contributed by atoms with E-state index in [2.05, 4.69) is 47.4 Å². The number of fused-ring (bicyclic) bond motifs is 1. The van der Waals surface area contributed by atoms with E-state index in [4.69, 9.17) is 11.6 Å². The second-order valence-corrected chi connectivity index (χ2v) is 4.65. The fourth-order valence-corrected chi connectivity index (χ4v) is 2.66. The molecule has 0 saturated carbocycles. The van der Waals surface area contributed by atoms with Crippen LogP contribution in [-0.4, -0.2) is 0 Å². The predicted molar refractivity (Wildman–Crippen MR) is 72.3 cm³/mol. The monoisotopic (exact) mass is 243 g/mol. The zero-order chi connectivity index (χ0) is 11.7. The Morgan fingerprint density at radius 3 is 2.12 bits per heavy atom. The van der Waals surface area contributed by atoms with Crippen LogP contribution in [0.5, 0.6) is 0 Å². The first-order valence-electron chi connectivity index (χ1n) is 5.84. The second kappa shape index (κ2) is 4.42. The van der Waals surface area contributed by atoms with Gasteiger partial charge in [-0.15, -0.1) is 11.6 Å². The van der Waals surface area contributed by atoms with Crippen molar-refractivity contribution in [1.82, 2.24) is 0 Å². The van der Waals surface area contributed by atoms with Gasteiger partial charge in [-0.25, -0.2) is 0 Å². The zero-order valence-corrected chi connectivity index (χ0v) is 10.3. The van der Waals surface area contributed by atoms with Gasteiger partial charge < -0.3 is 4.90 Å². The standard InChI is InChI=1S/C15H14ClN/c16-9-12-5-3-4-8-15(12)17-10-13-6-1-2-7-14(13)11-17/h1-8H,9-11H2. The molecule has 1 aliphatic heterocycles. The van der Waals surface area contributed by atoms with Gasteiger partial charge in [0.2, 0.25) is 0 Å². The number of rotatable bonds is 2. The molecule has 0 atom stereocenters. The topological polar surface area (TPSA) is 3.24 Å². The molecule has 1 nitrogen and oxygen atoms in total. The largest absolute Gasteiger partial charge is 0.363 e. The minimum atomic E-state index is 0.572. The summed E-state index contributed by atoms with van der Waals surface area (Å²) in [5, 5.41) is 0. The third kappa shape index (κ3) is 1.91. The molecule has 0 N–H and O–H groups in total. The number of hydrogen-bond acceptors (Lipinski definition) is 1. The van der Waals surface area contributed by atoms with E-state index in [-0.39, 0.29) is 0 Å². The first kappa shape index (κ1) is 10.7. The van der Waals surface area contributed by atoms with Crippen LogP contribution in [0, 0.1) is 0 Å². The van der Waals surface area contributed by atoms with E-state index in [9.17, 15) is 0 Å². The quantitative estimate of drug-likeness (QED) is 0.722. The Morgan fingerprint density at radius 2 is 1.47 bits per heavy atom. The normalized spacial score (nSPS) is 13.8. The first-order chi connectivity index (χ1) is 8.38. The van der Waals surface area contributed by atoms with Crippen LogP contribution in [0.2, 0.25) is 0 Å². The number of hydrogen-bond donors (Lipinski definition) is 0. The highest BCUT2D eigenvalue weighted by Crippen LogP contribution is 2.30. The minimum Gasteiger partial charge on any atom is -0.363 e. The lowest BCUT2D eigenvalue weighted by atomic mass is 10.1. The summed E-state index contributed by atoms with van der Waals surface area (Å²) >= 11 is 6.00. The molecule has 0 amide bonds. The van der Waals surface area contributed by atoms with Crippen LogP contribution in [0.3, 0.4) is 0 Å². The van der Waals surface area contributed by atoms with Gasteiger partial charge in [0.25, 0.3) is 0 Å². The summed E-state index contributed by atoms with van der Waals surface area (Å²) in [6, 6.07) is 17.0. The number of alkyl halides is 1. The first-order valence-corrected chi connectivity index (χ1v) is 6.37. The zero-order valence-electron chi connectivity index (χ0n) is 9.57. The second-order valence-electron chi connectivity index (χ2n) is 4.39. The molecule has 86 valence electrons. The fourth-order valence-electron chi connectivity index (χ4n) is 2.44. The Bertz CT molecular complexity index is 511. The molecule has 0 unspecified atom stereocenters. The summed E-state index contributed by atoms with van der Waals surface area (Å²) in [4.78, 5) is 2.39. The number of halogens is 1. The average molecular weight is 244 g/mol. The van der Waals surface area contributed by atoms with Gasteiger partial charge in [-0.1, -0.05) is 42.5 Å². The van der Waals surface area contributed by atoms with Gasteiger partial charge in [-0.2, -0.15) is 0 Å². The van der Waals surface area contributed by atoms with E-state index >= 15 is 0 Å². The van der Waals surface area contributed by atoms with Gasteiger partial charge in [0.15, 0.2) is 0 Å². The molecule has 0 fully saturated rings. The maximum absolute atomic E-state index is 6.00.